The van der Waals surface area contributed by atoms with Crippen LogP contribution in [0.1, 0.15) is 22.8 Å². The van der Waals surface area contributed by atoms with Crippen molar-refractivity contribution in [3.63, 3.8) is 0 Å². The lowest BCUT2D eigenvalue weighted by atomic mass is 10.1. The molecule has 21 heavy (non-hydrogen) atoms. The average molecular weight is 367 g/mol. The van der Waals surface area contributed by atoms with Gasteiger partial charge in [0.1, 0.15) is 0 Å². The van der Waals surface area contributed by atoms with Crippen LogP contribution in [0.15, 0.2) is 22.7 Å². The number of likely N-dealkylation sites (N-methyl/N-ethyl adjacent to an activating group) is 1. The van der Waals surface area contributed by atoms with Crippen molar-refractivity contribution >= 4 is 27.7 Å². The van der Waals surface area contributed by atoms with Crippen molar-refractivity contribution in [3.05, 3.63) is 33.8 Å². The summed E-state index contributed by atoms with van der Waals surface area (Å²) in [6, 6.07) is 2.77. The highest BCUT2D eigenvalue weighted by Gasteiger charge is 2.31. The summed E-state index contributed by atoms with van der Waals surface area (Å²) >= 11 is 3.02. The van der Waals surface area contributed by atoms with Crippen LogP contribution in [0.2, 0.25) is 0 Å². The quantitative estimate of drug-likeness (QED) is 0.890. The fourth-order valence-corrected chi connectivity index (χ4v) is 1.86. The summed E-state index contributed by atoms with van der Waals surface area (Å²) < 4.78 is 38.1. The highest BCUT2D eigenvalue weighted by molar-refractivity contribution is 9.10. The van der Waals surface area contributed by atoms with Gasteiger partial charge in [0, 0.05) is 18.1 Å². The van der Waals surface area contributed by atoms with E-state index in [0.29, 0.717) is 6.54 Å². The minimum atomic E-state index is -4.53. The predicted molar refractivity (Wildman–Crippen MR) is 74.8 cm³/mol. The molecule has 0 fully saturated rings. The SMILES string of the molecule is CCN(C)C(=O)CNC(=O)c1cc(C(F)(F)F)ccc1Br. The van der Waals surface area contributed by atoms with Crippen molar-refractivity contribution in [3.8, 4) is 0 Å². The number of nitrogens with zero attached hydrogens (tertiary/aromatic N) is 1. The van der Waals surface area contributed by atoms with Gasteiger partial charge in [0.25, 0.3) is 5.91 Å². The van der Waals surface area contributed by atoms with E-state index < -0.39 is 17.6 Å². The topological polar surface area (TPSA) is 49.4 Å². The standard InChI is InChI=1S/C13H14BrF3N2O2/c1-3-19(2)11(20)7-18-12(21)9-6-8(13(15,16)17)4-5-10(9)14/h4-6H,3,7H2,1-2H3,(H,18,21). The number of benzene rings is 1. The van der Waals surface area contributed by atoms with Crippen LogP contribution in [-0.4, -0.2) is 36.9 Å². The second-order valence-corrected chi connectivity index (χ2v) is 5.14. The number of hydrogen-bond acceptors (Lipinski definition) is 2. The number of rotatable bonds is 4. The van der Waals surface area contributed by atoms with E-state index in [1.807, 2.05) is 0 Å². The summed E-state index contributed by atoms with van der Waals surface area (Å²) in [6.45, 7) is 1.97. The molecule has 0 radical (unpaired) electrons. The molecule has 0 aromatic heterocycles. The van der Waals surface area contributed by atoms with Crippen LogP contribution in [0.4, 0.5) is 13.2 Å². The van der Waals surface area contributed by atoms with Crippen LogP contribution in [0.5, 0.6) is 0 Å². The Balaban J connectivity index is 2.85. The van der Waals surface area contributed by atoms with Crippen molar-refractivity contribution in [2.24, 2.45) is 0 Å². The highest BCUT2D eigenvalue weighted by atomic mass is 79.9. The van der Waals surface area contributed by atoms with Crippen LogP contribution in [0.3, 0.4) is 0 Å². The molecule has 4 nitrogen and oxygen atoms in total. The van der Waals surface area contributed by atoms with Crippen molar-refractivity contribution in [2.75, 3.05) is 20.1 Å². The second-order valence-electron chi connectivity index (χ2n) is 4.28. The van der Waals surface area contributed by atoms with Gasteiger partial charge in [0.05, 0.1) is 17.7 Å². The van der Waals surface area contributed by atoms with E-state index in [1.165, 1.54) is 4.90 Å². The Kier molecular flexibility index (Phi) is 5.77. The Morgan fingerprint density at radius 2 is 1.95 bits per heavy atom. The number of hydrogen-bond donors (Lipinski definition) is 1. The molecule has 0 aliphatic heterocycles. The molecule has 1 aromatic rings. The van der Waals surface area contributed by atoms with Gasteiger partial charge in [-0.05, 0) is 41.1 Å². The minimum absolute atomic E-state index is 0.170. The maximum absolute atomic E-state index is 12.6. The number of carbonyl (C=O) groups excluding carboxylic acids is 2. The highest BCUT2D eigenvalue weighted by Crippen LogP contribution is 2.31. The van der Waals surface area contributed by atoms with Gasteiger partial charge < -0.3 is 10.2 Å². The third kappa shape index (κ3) is 4.73. The van der Waals surface area contributed by atoms with Gasteiger partial charge >= 0.3 is 6.18 Å². The summed E-state index contributed by atoms with van der Waals surface area (Å²) in [7, 11) is 1.56. The molecule has 1 N–H and O–H groups in total. The Morgan fingerprint density at radius 1 is 1.33 bits per heavy atom. The molecule has 116 valence electrons. The fourth-order valence-electron chi connectivity index (χ4n) is 1.44. The molecule has 1 aromatic carbocycles. The van der Waals surface area contributed by atoms with Gasteiger partial charge in [-0.3, -0.25) is 9.59 Å². The van der Waals surface area contributed by atoms with Crippen molar-refractivity contribution in [2.45, 2.75) is 13.1 Å². The fraction of sp³-hybridized carbons (Fsp3) is 0.385. The molecule has 0 aliphatic rings. The molecule has 0 bridgehead atoms. The normalized spacial score (nSPS) is 11.1. The Morgan fingerprint density at radius 3 is 2.48 bits per heavy atom. The molecule has 2 amide bonds. The first-order chi connectivity index (χ1) is 9.66. The van der Waals surface area contributed by atoms with Crippen LogP contribution >= 0.6 is 15.9 Å². The van der Waals surface area contributed by atoms with E-state index >= 15 is 0 Å². The largest absolute Gasteiger partial charge is 0.416 e. The smallest absolute Gasteiger partial charge is 0.345 e. The van der Waals surface area contributed by atoms with Crippen LogP contribution in [0.25, 0.3) is 0 Å². The van der Waals surface area contributed by atoms with Gasteiger partial charge in [-0.1, -0.05) is 0 Å². The third-order valence-electron chi connectivity index (χ3n) is 2.84. The molecule has 0 spiro atoms. The summed E-state index contributed by atoms with van der Waals surface area (Å²) in [5.41, 5.74) is -1.09. The molecule has 1 rings (SSSR count). The van der Waals surface area contributed by atoms with E-state index in [-0.39, 0.29) is 22.5 Å². The summed E-state index contributed by atoms with van der Waals surface area (Å²) in [4.78, 5) is 24.8. The lowest BCUT2D eigenvalue weighted by Gasteiger charge is -2.15. The Bertz CT molecular complexity index is 547. The molecule has 0 saturated carbocycles. The van der Waals surface area contributed by atoms with E-state index in [0.717, 1.165) is 18.2 Å². The zero-order chi connectivity index (χ0) is 16.2. The first-order valence-electron chi connectivity index (χ1n) is 6.05. The van der Waals surface area contributed by atoms with Crippen molar-refractivity contribution in [1.29, 1.82) is 0 Å². The Labute approximate surface area is 128 Å². The lowest BCUT2D eigenvalue weighted by molar-refractivity contribution is -0.137. The van der Waals surface area contributed by atoms with Crippen LogP contribution < -0.4 is 5.32 Å². The number of halogens is 4. The minimum Gasteiger partial charge on any atom is -0.345 e. The van der Waals surface area contributed by atoms with Crippen molar-refractivity contribution < 1.29 is 22.8 Å². The number of alkyl halides is 3. The van der Waals surface area contributed by atoms with Gasteiger partial charge in [-0.25, -0.2) is 0 Å². The number of nitrogens with one attached hydrogen (secondary N) is 1. The summed E-state index contributed by atoms with van der Waals surface area (Å²) in [5.74, 6) is -1.07. The van der Waals surface area contributed by atoms with E-state index in [4.69, 9.17) is 0 Å². The third-order valence-corrected chi connectivity index (χ3v) is 3.53. The molecule has 0 saturated heterocycles. The molecule has 0 unspecified atom stereocenters. The lowest BCUT2D eigenvalue weighted by Crippen LogP contribution is -2.38. The van der Waals surface area contributed by atoms with E-state index in [1.54, 1.807) is 14.0 Å². The molecule has 0 heterocycles. The maximum atomic E-state index is 12.6. The zero-order valence-electron chi connectivity index (χ0n) is 11.4. The average Bonchev–Trinajstić information content (AvgIpc) is 2.42. The molecule has 0 atom stereocenters. The van der Waals surface area contributed by atoms with Gasteiger partial charge in [0.2, 0.25) is 5.91 Å². The van der Waals surface area contributed by atoms with Gasteiger partial charge in [0.15, 0.2) is 0 Å². The number of amides is 2. The summed E-state index contributed by atoms with van der Waals surface area (Å²) in [5, 5.41) is 2.31. The first kappa shape index (κ1) is 17.5. The predicted octanol–water partition coefficient (Wildman–Crippen LogP) is 2.68. The monoisotopic (exact) mass is 366 g/mol. The van der Waals surface area contributed by atoms with E-state index in [9.17, 15) is 22.8 Å². The van der Waals surface area contributed by atoms with Crippen LogP contribution in [0, 0.1) is 0 Å². The maximum Gasteiger partial charge on any atom is 0.416 e. The molecular formula is C13H14BrF3N2O2. The van der Waals surface area contributed by atoms with Crippen molar-refractivity contribution in [1.82, 2.24) is 10.2 Å². The molecular weight excluding hydrogens is 353 g/mol. The number of carbonyl (C=O) groups is 2. The zero-order valence-corrected chi connectivity index (χ0v) is 13.0. The molecule has 0 aliphatic carbocycles. The van der Waals surface area contributed by atoms with Crippen LogP contribution in [-0.2, 0) is 11.0 Å². The second kappa shape index (κ2) is 6.93. The molecule has 8 heteroatoms. The van der Waals surface area contributed by atoms with Gasteiger partial charge in [-0.2, -0.15) is 13.2 Å². The first-order valence-corrected chi connectivity index (χ1v) is 6.85. The summed E-state index contributed by atoms with van der Waals surface area (Å²) in [6.07, 6.45) is -4.53. The van der Waals surface area contributed by atoms with Gasteiger partial charge in [-0.15, -0.1) is 0 Å². The Hall–Kier alpha value is -1.57. The van der Waals surface area contributed by atoms with E-state index in [2.05, 4.69) is 21.2 Å².